The Balaban J connectivity index is 2.42. The summed E-state index contributed by atoms with van der Waals surface area (Å²) >= 11 is 15.1. The largest absolute Gasteiger partial charge is 0.330 e. The summed E-state index contributed by atoms with van der Waals surface area (Å²) in [5, 5.41) is 0.694. The molecule has 0 saturated carbocycles. The van der Waals surface area contributed by atoms with Crippen LogP contribution in [0.5, 0.6) is 0 Å². The van der Waals surface area contributed by atoms with E-state index in [9.17, 15) is 0 Å². The number of rotatable bonds is 1. The van der Waals surface area contributed by atoms with Crippen molar-refractivity contribution in [2.75, 3.05) is 0 Å². The zero-order valence-electron chi connectivity index (χ0n) is 10.1. The van der Waals surface area contributed by atoms with E-state index in [0.717, 1.165) is 26.8 Å². The maximum Gasteiger partial charge on any atom is 0.182 e. The van der Waals surface area contributed by atoms with Crippen molar-refractivity contribution in [2.24, 2.45) is 0 Å². The van der Waals surface area contributed by atoms with E-state index in [1.165, 1.54) is 0 Å². The van der Waals surface area contributed by atoms with Crippen molar-refractivity contribution in [1.82, 2.24) is 9.55 Å². The van der Waals surface area contributed by atoms with Crippen LogP contribution in [-0.2, 0) is 0 Å². The quantitative estimate of drug-likeness (QED) is 0.580. The smallest absolute Gasteiger partial charge is 0.182 e. The van der Waals surface area contributed by atoms with Crippen LogP contribution in [0.1, 0.15) is 5.56 Å². The molecule has 2 nitrogen and oxygen atoms in total. The molecule has 0 saturated heterocycles. The van der Waals surface area contributed by atoms with E-state index < -0.39 is 0 Å². The average molecular weight is 354 g/mol. The molecular weight excluding hydrogens is 344 g/mol. The minimum atomic E-state index is 0.656. The standard InChI is InChI=1S/C14H10BrClN2S/c1-8-3-2-4-11(13(8)15)18-12-7-9(16)5-6-10(12)17-14(18)19/h2-7H,1H3,(H,17,19). The highest BCUT2D eigenvalue weighted by atomic mass is 79.9. The Bertz CT molecular complexity index is 835. The summed E-state index contributed by atoms with van der Waals surface area (Å²) in [4.78, 5) is 3.20. The first-order chi connectivity index (χ1) is 9.08. The number of hydrogen-bond donors (Lipinski definition) is 1. The summed E-state index contributed by atoms with van der Waals surface area (Å²) in [5.41, 5.74) is 4.13. The van der Waals surface area contributed by atoms with E-state index in [4.69, 9.17) is 23.8 Å². The van der Waals surface area contributed by atoms with Crippen LogP contribution in [0.3, 0.4) is 0 Å². The van der Waals surface area contributed by atoms with Gasteiger partial charge < -0.3 is 4.98 Å². The summed E-state index contributed by atoms with van der Waals surface area (Å²) in [5.74, 6) is 0. The maximum absolute atomic E-state index is 6.09. The lowest BCUT2D eigenvalue weighted by molar-refractivity contribution is 1.05. The second kappa shape index (κ2) is 4.78. The summed E-state index contributed by atoms with van der Waals surface area (Å²) in [7, 11) is 0. The number of fused-ring (bicyclic) bond motifs is 1. The molecule has 1 aromatic heterocycles. The van der Waals surface area contributed by atoms with Crippen molar-refractivity contribution >= 4 is 50.8 Å². The molecule has 3 rings (SSSR count). The van der Waals surface area contributed by atoms with Gasteiger partial charge in [0.15, 0.2) is 4.77 Å². The van der Waals surface area contributed by atoms with Gasteiger partial charge in [0, 0.05) is 9.50 Å². The average Bonchev–Trinajstić information content (AvgIpc) is 2.69. The fraction of sp³-hybridized carbons (Fsp3) is 0.0714. The second-order valence-electron chi connectivity index (χ2n) is 4.34. The lowest BCUT2D eigenvalue weighted by atomic mass is 10.2. The van der Waals surface area contributed by atoms with Gasteiger partial charge in [-0.3, -0.25) is 4.57 Å². The number of H-pyrrole nitrogens is 1. The van der Waals surface area contributed by atoms with Gasteiger partial charge in [-0.1, -0.05) is 23.7 Å². The highest BCUT2D eigenvalue weighted by Crippen LogP contribution is 2.29. The van der Waals surface area contributed by atoms with E-state index in [2.05, 4.69) is 33.9 Å². The lowest BCUT2D eigenvalue weighted by Gasteiger charge is -2.09. The van der Waals surface area contributed by atoms with Crippen LogP contribution < -0.4 is 0 Å². The Morgan fingerprint density at radius 1 is 1.26 bits per heavy atom. The highest BCUT2D eigenvalue weighted by Gasteiger charge is 2.10. The number of aromatic nitrogens is 2. The third kappa shape index (κ3) is 2.14. The first-order valence-corrected chi connectivity index (χ1v) is 7.31. The monoisotopic (exact) mass is 352 g/mol. The molecule has 1 heterocycles. The number of halogens is 2. The van der Waals surface area contributed by atoms with Crippen LogP contribution in [0.25, 0.3) is 16.7 Å². The first-order valence-electron chi connectivity index (χ1n) is 5.73. The molecule has 0 bridgehead atoms. The van der Waals surface area contributed by atoms with Gasteiger partial charge in [0.25, 0.3) is 0 Å². The number of benzene rings is 2. The van der Waals surface area contributed by atoms with Crippen molar-refractivity contribution in [3.05, 3.63) is 56.2 Å². The second-order valence-corrected chi connectivity index (χ2v) is 5.95. The third-order valence-electron chi connectivity index (χ3n) is 3.06. The predicted octanol–water partition coefficient (Wildman–Crippen LogP) is 5.41. The van der Waals surface area contributed by atoms with Gasteiger partial charge in [0.1, 0.15) is 0 Å². The molecule has 0 unspecified atom stereocenters. The molecular formula is C14H10BrClN2S. The van der Waals surface area contributed by atoms with Gasteiger partial charge in [0.05, 0.1) is 16.7 Å². The minimum absolute atomic E-state index is 0.656. The van der Waals surface area contributed by atoms with E-state index in [1.54, 1.807) is 0 Å². The number of nitrogens with one attached hydrogen (secondary N) is 1. The Kier molecular flexibility index (Phi) is 3.25. The van der Waals surface area contributed by atoms with Crippen molar-refractivity contribution in [3.8, 4) is 5.69 Å². The molecule has 0 spiro atoms. The van der Waals surface area contributed by atoms with Crippen LogP contribution in [0.4, 0.5) is 0 Å². The number of aromatic amines is 1. The van der Waals surface area contributed by atoms with E-state index in [0.29, 0.717) is 9.79 Å². The molecule has 5 heteroatoms. The molecule has 0 aliphatic rings. The Morgan fingerprint density at radius 3 is 2.84 bits per heavy atom. The van der Waals surface area contributed by atoms with Crippen LogP contribution in [-0.4, -0.2) is 9.55 Å². The maximum atomic E-state index is 6.09. The summed E-state index contributed by atoms with van der Waals surface area (Å²) in [6, 6.07) is 11.8. The van der Waals surface area contributed by atoms with Crippen molar-refractivity contribution in [2.45, 2.75) is 6.92 Å². The van der Waals surface area contributed by atoms with Gasteiger partial charge in [-0.15, -0.1) is 0 Å². The SMILES string of the molecule is Cc1cccc(-n2c(=S)[nH]c3ccc(Cl)cc32)c1Br. The third-order valence-corrected chi connectivity index (χ3v) is 4.61. The number of hydrogen-bond acceptors (Lipinski definition) is 1. The molecule has 0 aliphatic carbocycles. The number of imidazole rings is 1. The molecule has 3 aromatic rings. The molecule has 0 fully saturated rings. The zero-order valence-corrected chi connectivity index (χ0v) is 13.2. The molecule has 0 aliphatic heterocycles. The zero-order chi connectivity index (χ0) is 13.6. The van der Waals surface area contributed by atoms with Gasteiger partial charge in [-0.25, -0.2) is 0 Å². The number of nitrogens with zero attached hydrogens (tertiary/aromatic N) is 1. The first kappa shape index (κ1) is 12.9. The number of aryl methyl sites for hydroxylation is 1. The molecule has 96 valence electrons. The van der Waals surface area contributed by atoms with Crippen LogP contribution in [0.2, 0.25) is 5.02 Å². The predicted molar refractivity (Wildman–Crippen MR) is 85.9 cm³/mol. The fourth-order valence-corrected chi connectivity index (χ4v) is 3.03. The minimum Gasteiger partial charge on any atom is -0.330 e. The van der Waals surface area contributed by atoms with Crippen molar-refractivity contribution in [3.63, 3.8) is 0 Å². The normalized spacial score (nSPS) is 11.1. The van der Waals surface area contributed by atoms with Gasteiger partial charge in [-0.2, -0.15) is 0 Å². The van der Waals surface area contributed by atoms with Crippen LogP contribution in [0, 0.1) is 11.7 Å². The Hall–Kier alpha value is -1.10. The summed E-state index contributed by atoms with van der Waals surface area (Å²) < 4.78 is 3.68. The topological polar surface area (TPSA) is 20.7 Å². The summed E-state index contributed by atoms with van der Waals surface area (Å²) in [6.07, 6.45) is 0. The van der Waals surface area contributed by atoms with Gasteiger partial charge in [0.2, 0.25) is 0 Å². The molecule has 0 amide bonds. The van der Waals surface area contributed by atoms with Gasteiger partial charge >= 0.3 is 0 Å². The molecule has 1 N–H and O–H groups in total. The summed E-state index contributed by atoms with van der Waals surface area (Å²) in [6.45, 7) is 2.05. The Labute approximate surface area is 129 Å². The molecule has 0 radical (unpaired) electrons. The van der Waals surface area contributed by atoms with E-state index in [1.807, 2.05) is 34.9 Å². The van der Waals surface area contributed by atoms with E-state index >= 15 is 0 Å². The molecule has 19 heavy (non-hydrogen) atoms. The van der Waals surface area contributed by atoms with Crippen LogP contribution >= 0.6 is 39.7 Å². The highest BCUT2D eigenvalue weighted by molar-refractivity contribution is 9.10. The van der Waals surface area contributed by atoms with E-state index in [-0.39, 0.29) is 0 Å². The molecule has 0 atom stereocenters. The molecule has 2 aromatic carbocycles. The van der Waals surface area contributed by atoms with Gasteiger partial charge in [-0.05, 0) is 64.9 Å². The van der Waals surface area contributed by atoms with Crippen molar-refractivity contribution in [1.29, 1.82) is 0 Å². The Morgan fingerprint density at radius 2 is 2.05 bits per heavy atom. The fourth-order valence-electron chi connectivity index (χ4n) is 2.12. The lowest BCUT2D eigenvalue weighted by Crippen LogP contribution is -1.96. The van der Waals surface area contributed by atoms with Crippen molar-refractivity contribution < 1.29 is 0 Å². The van der Waals surface area contributed by atoms with Crippen LogP contribution in [0.15, 0.2) is 40.9 Å².